The number of amides is 1. The van der Waals surface area contributed by atoms with E-state index in [-0.39, 0.29) is 12.3 Å². The van der Waals surface area contributed by atoms with Crippen LogP contribution in [0.25, 0.3) is 10.7 Å². The van der Waals surface area contributed by atoms with Gasteiger partial charge in [0.05, 0.1) is 17.8 Å². The van der Waals surface area contributed by atoms with Crippen LogP contribution in [-0.4, -0.2) is 15.9 Å². The summed E-state index contributed by atoms with van der Waals surface area (Å²) in [5, 5.41) is 6.25. The summed E-state index contributed by atoms with van der Waals surface area (Å²) in [6.07, 6.45) is 1.98. The molecule has 23 heavy (non-hydrogen) atoms. The molecule has 0 aliphatic rings. The molecule has 0 spiro atoms. The van der Waals surface area contributed by atoms with Crippen molar-refractivity contribution in [2.24, 2.45) is 0 Å². The minimum atomic E-state index is -0.0668. The van der Waals surface area contributed by atoms with Crippen molar-refractivity contribution in [3.63, 3.8) is 0 Å². The number of pyridine rings is 1. The Kier molecular flexibility index (Phi) is 5.00. The highest BCUT2D eigenvalue weighted by atomic mass is 35.5. The van der Waals surface area contributed by atoms with Gasteiger partial charge >= 0.3 is 0 Å². The highest BCUT2D eigenvalue weighted by molar-refractivity contribution is 7.13. The van der Waals surface area contributed by atoms with Gasteiger partial charge in [0.25, 0.3) is 0 Å². The van der Waals surface area contributed by atoms with Crippen molar-refractivity contribution < 1.29 is 4.79 Å². The summed E-state index contributed by atoms with van der Waals surface area (Å²) in [4.78, 5) is 20.7. The van der Waals surface area contributed by atoms with Gasteiger partial charge < -0.3 is 5.32 Å². The summed E-state index contributed by atoms with van der Waals surface area (Å²) >= 11 is 7.41. The normalized spacial score (nSPS) is 10.5. The van der Waals surface area contributed by atoms with Crippen molar-refractivity contribution in [1.29, 1.82) is 0 Å². The van der Waals surface area contributed by atoms with E-state index in [0.29, 0.717) is 11.6 Å². The van der Waals surface area contributed by atoms with Gasteiger partial charge in [-0.3, -0.25) is 9.78 Å². The molecule has 0 radical (unpaired) electrons. The number of carbonyl (C=O) groups excluding carboxylic acids is 1. The molecule has 0 saturated carbocycles. The zero-order valence-corrected chi connectivity index (χ0v) is 13.8. The van der Waals surface area contributed by atoms with Crippen molar-refractivity contribution >= 4 is 28.8 Å². The predicted molar refractivity (Wildman–Crippen MR) is 92.3 cm³/mol. The molecule has 1 N–H and O–H groups in total. The number of rotatable bonds is 5. The Morgan fingerprint density at radius 1 is 1.22 bits per heavy atom. The first-order valence-electron chi connectivity index (χ1n) is 7.07. The highest BCUT2D eigenvalue weighted by Gasteiger charge is 2.09. The number of hydrogen-bond acceptors (Lipinski definition) is 4. The maximum Gasteiger partial charge on any atom is 0.226 e. The summed E-state index contributed by atoms with van der Waals surface area (Å²) in [6.45, 7) is 0.455. The van der Waals surface area contributed by atoms with Gasteiger partial charge in [-0.2, -0.15) is 0 Å². The van der Waals surface area contributed by atoms with Crippen LogP contribution in [0.1, 0.15) is 11.3 Å². The second-order valence-electron chi connectivity index (χ2n) is 4.94. The summed E-state index contributed by atoms with van der Waals surface area (Å²) < 4.78 is 0. The van der Waals surface area contributed by atoms with Crippen LogP contribution in [0, 0.1) is 0 Å². The number of nitrogens with zero attached hydrogens (tertiary/aromatic N) is 2. The lowest BCUT2D eigenvalue weighted by molar-refractivity contribution is -0.120. The molecule has 0 atom stereocenters. The fraction of sp³-hybridized carbons (Fsp3) is 0.118. The number of aromatic nitrogens is 2. The minimum absolute atomic E-state index is 0.0668. The average Bonchev–Trinajstić information content (AvgIpc) is 3.02. The van der Waals surface area contributed by atoms with Crippen LogP contribution >= 0.6 is 22.9 Å². The van der Waals surface area contributed by atoms with Crippen LogP contribution in [0.4, 0.5) is 0 Å². The smallest absolute Gasteiger partial charge is 0.226 e. The number of carbonyl (C=O) groups is 1. The molecule has 0 aliphatic carbocycles. The molecule has 6 heteroatoms. The Bertz CT molecular complexity index is 804. The van der Waals surface area contributed by atoms with Crippen LogP contribution < -0.4 is 5.32 Å². The number of halogens is 1. The van der Waals surface area contributed by atoms with E-state index in [2.05, 4.69) is 15.3 Å². The molecule has 2 aromatic heterocycles. The molecule has 116 valence electrons. The van der Waals surface area contributed by atoms with Gasteiger partial charge in [-0.15, -0.1) is 11.3 Å². The Balaban J connectivity index is 1.57. The molecule has 0 unspecified atom stereocenters. The van der Waals surface area contributed by atoms with Crippen LogP contribution in [0.15, 0.2) is 54.0 Å². The second kappa shape index (κ2) is 7.35. The maximum atomic E-state index is 12.0. The molecule has 0 aliphatic heterocycles. The standard InChI is InChI=1S/C17H14ClN3OS/c18-13-5-3-4-12(8-13)10-20-16(22)9-14-11-23-17(21-14)15-6-1-2-7-19-15/h1-8,11H,9-10H2,(H,20,22). The van der Waals surface area contributed by atoms with Crippen LogP contribution in [0.3, 0.4) is 0 Å². The van der Waals surface area contributed by atoms with Gasteiger partial charge in [-0.25, -0.2) is 4.98 Å². The highest BCUT2D eigenvalue weighted by Crippen LogP contribution is 2.21. The molecule has 2 heterocycles. The zero-order chi connectivity index (χ0) is 16.1. The van der Waals surface area contributed by atoms with Gasteiger partial charge in [-0.05, 0) is 29.8 Å². The van der Waals surface area contributed by atoms with E-state index in [1.54, 1.807) is 12.3 Å². The molecule has 0 saturated heterocycles. The molecular formula is C17H14ClN3OS. The number of nitrogens with one attached hydrogen (secondary N) is 1. The van der Waals surface area contributed by atoms with Gasteiger partial charge in [0.1, 0.15) is 5.01 Å². The Labute approximate surface area is 143 Å². The fourth-order valence-corrected chi connectivity index (χ4v) is 3.08. The zero-order valence-electron chi connectivity index (χ0n) is 12.2. The molecule has 1 aromatic carbocycles. The lowest BCUT2D eigenvalue weighted by Gasteiger charge is -2.04. The van der Waals surface area contributed by atoms with Crippen molar-refractivity contribution in [2.45, 2.75) is 13.0 Å². The topological polar surface area (TPSA) is 54.9 Å². The maximum absolute atomic E-state index is 12.0. The number of benzene rings is 1. The molecular weight excluding hydrogens is 330 g/mol. The first kappa shape index (κ1) is 15.6. The van der Waals surface area contributed by atoms with E-state index in [4.69, 9.17) is 11.6 Å². The molecule has 1 amide bonds. The van der Waals surface area contributed by atoms with E-state index in [1.165, 1.54) is 11.3 Å². The summed E-state index contributed by atoms with van der Waals surface area (Å²) in [6, 6.07) is 13.1. The largest absolute Gasteiger partial charge is 0.352 e. The molecule has 3 rings (SSSR count). The van der Waals surface area contributed by atoms with Crippen molar-refractivity contribution in [3.05, 3.63) is 70.3 Å². The molecule has 3 aromatic rings. The Morgan fingerprint density at radius 3 is 2.91 bits per heavy atom. The first-order valence-corrected chi connectivity index (χ1v) is 8.33. The lowest BCUT2D eigenvalue weighted by Crippen LogP contribution is -2.24. The lowest BCUT2D eigenvalue weighted by atomic mass is 10.2. The average molecular weight is 344 g/mol. The summed E-state index contributed by atoms with van der Waals surface area (Å²) in [5.41, 5.74) is 2.54. The van der Waals surface area contributed by atoms with E-state index in [9.17, 15) is 4.79 Å². The molecule has 0 bridgehead atoms. The van der Waals surface area contributed by atoms with Crippen molar-refractivity contribution in [3.8, 4) is 10.7 Å². The van der Waals surface area contributed by atoms with Gasteiger partial charge in [0.15, 0.2) is 0 Å². The first-order chi connectivity index (χ1) is 11.2. The van der Waals surface area contributed by atoms with Crippen molar-refractivity contribution in [1.82, 2.24) is 15.3 Å². The predicted octanol–water partition coefficient (Wildman–Crippen LogP) is 3.72. The minimum Gasteiger partial charge on any atom is -0.352 e. The van der Waals surface area contributed by atoms with Gasteiger partial charge in [-0.1, -0.05) is 29.8 Å². The third-order valence-electron chi connectivity index (χ3n) is 3.16. The van der Waals surface area contributed by atoms with E-state index in [0.717, 1.165) is 22.0 Å². The van der Waals surface area contributed by atoms with Crippen LogP contribution in [-0.2, 0) is 17.8 Å². The SMILES string of the molecule is O=C(Cc1csc(-c2ccccn2)n1)NCc1cccc(Cl)c1. The van der Waals surface area contributed by atoms with Crippen LogP contribution in [0.5, 0.6) is 0 Å². The molecule has 0 fully saturated rings. The summed E-state index contributed by atoms with van der Waals surface area (Å²) in [5.74, 6) is -0.0668. The quantitative estimate of drug-likeness (QED) is 0.768. The van der Waals surface area contributed by atoms with Gasteiger partial charge in [0.2, 0.25) is 5.91 Å². The summed E-state index contributed by atoms with van der Waals surface area (Å²) in [7, 11) is 0. The van der Waals surface area contributed by atoms with E-state index < -0.39 is 0 Å². The van der Waals surface area contributed by atoms with E-state index >= 15 is 0 Å². The van der Waals surface area contributed by atoms with Gasteiger partial charge in [0, 0.05) is 23.1 Å². The second-order valence-corrected chi connectivity index (χ2v) is 6.24. The fourth-order valence-electron chi connectivity index (χ4n) is 2.07. The third-order valence-corrected chi connectivity index (χ3v) is 4.30. The third kappa shape index (κ3) is 4.37. The van der Waals surface area contributed by atoms with Crippen LogP contribution in [0.2, 0.25) is 5.02 Å². The van der Waals surface area contributed by atoms with Crippen molar-refractivity contribution in [2.75, 3.05) is 0 Å². The number of hydrogen-bond donors (Lipinski definition) is 1. The monoisotopic (exact) mass is 343 g/mol. The Hall–Kier alpha value is -2.24. The number of thiazole rings is 1. The molecule has 4 nitrogen and oxygen atoms in total. The Morgan fingerprint density at radius 2 is 2.13 bits per heavy atom. The van der Waals surface area contributed by atoms with E-state index in [1.807, 2.05) is 41.8 Å².